The number of ether oxygens (including phenoxy) is 1. The molecule has 30 heavy (non-hydrogen) atoms. The van der Waals surface area contributed by atoms with Crippen molar-refractivity contribution in [2.45, 2.75) is 24.9 Å². The molecular formula is C10H16N5O12P3. The highest BCUT2D eigenvalue weighted by molar-refractivity contribution is 7.66. The number of aromatic nitrogens is 4. The van der Waals surface area contributed by atoms with E-state index in [4.69, 9.17) is 25.2 Å². The Balaban J connectivity index is 1.64. The molecule has 0 radical (unpaired) electrons. The van der Waals surface area contributed by atoms with Gasteiger partial charge in [-0.15, -0.1) is 0 Å². The smallest absolute Gasteiger partial charge is 0.390 e. The van der Waals surface area contributed by atoms with Crippen LogP contribution in [0.25, 0.3) is 11.2 Å². The zero-order valence-electron chi connectivity index (χ0n) is 14.6. The average molecular weight is 491 g/mol. The van der Waals surface area contributed by atoms with E-state index in [1.807, 2.05) is 0 Å². The summed E-state index contributed by atoms with van der Waals surface area (Å²) in [6, 6.07) is 0. The third-order valence-corrected chi connectivity index (χ3v) is 7.52. The van der Waals surface area contributed by atoms with E-state index in [-0.39, 0.29) is 12.2 Å². The summed E-state index contributed by atoms with van der Waals surface area (Å²) in [5, 5.41) is 10.1. The monoisotopic (exact) mass is 491 g/mol. The maximum absolute atomic E-state index is 11.8. The highest BCUT2D eigenvalue weighted by Gasteiger charge is 2.43. The van der Waals surface area contributed by atoms with Gasteiger partial charge in [0.1, 0.15) is 24.2 Å². The van der Waals surface area contributed by atoms with E-state index in [1.54, 1.807) is 0 Å². The van der Waals surface area contributed by atoms with Crippen LogP contribution in [0.1, 0.15) is 12.6 Å². The van der Waals surface area contributed by atoms with Crippen molar-refractivity contribution in [3.05, 3.63) is 12.7 Å². The lowest BCUT2D eigenvalue weighted by Gasteiger charge is -2.19. The molecule has 1 aliphatic heterocycles. The lowest BCUT2D eigenvalue weighted by atomic mass is 10.2. The van der Waals surface area contributed by atoms with Crippen molar-refractivity contribution in [2.24, 2.45) is 0 Å². The van der Waals surface area contributed by atoms with E-state index in [1.165, 1.54) is 17.2 Å². The topological polar surface area (TPSA) is 259 Å². The third-order valence-electron chi connectivity index (χ3n) is 3.72. The van der Waals surface area contributed by atoms with E-state index in [2.05, 4.69) is 28.1 Å². The zero-order valence-corrected chi connectivity index (χ0v) is 17.3. The molecule has 168 valence electrons. The number of hydrogen-bond donors (Lipinski definition) is 6. The largest absolute Gasteiger partial charge is 0.490 e. The quantitative estimate of drug-likeness (QED) is 0.252. The number of nitrogens with zero attached hydrogens (tertiary/aromatic N) is 4. The first kappa shape index (κ1) is 23.3. The van der Waals surface area contributed by atoms with Gasteiger partial charge >= 0.3 is 23.5 Å². The number of aliphatic hydroxyl groups is 1. The molecule has 2 aromatic rings. The summed E-state index contributed by atoms with van der Waals surface area (Å²) in [5.74, 6) is 0.126. The van der Waals surface area contributed by atoms with Crippen molar-refractivity contribution in [3.8, 4) is 0 Å². The number of hydrogen-bond acceptors (Lipinski definition) is 12. The molecular weight excluding hydrogens is 475 g/mol. The van der Waals surface area contributed by atoms with E-state index in [0.717, 1.165) is 0 Å². The number of nitrogens with two attached hydrogens (primary N) is 1. The van der Waals surface area contributed by atoms with Crippen LogP contribution in [-0.2, 0) is 31.6 Å². The Hall–Kier alpha value is -1.32. The van der Waals surface area contributed by atoms with Gasteiger partial charge in [-0.25, -0.2) is 28.6 Å². The molecule has 20 heteroatoms. The molecule has 0 saturated carbocycles. The van der Waals surface area contributed by atoms with Crippen LogP contribution in [0.4, 0.5) is 5.82 Å². The molecule has 5 atom stereocenters. The highest BCUT2D eigenvalue weighted by Crippen LogP contribution is 2.66. The Morgan fingerprint density at radius 3 is 2.50 bits per heavy atom. The summed E-state index contributed by atoms with van der Waals surface area (Å²) in [6.07, 6.45) is -0.643. The fraction of sp³-hybridized carbons (Fsp3) is 0.500. The normalized spacial score (nSPS) is 26.5. The molecule has 0 amide bonds. The Morgan fingerprint density at radius 2 is 1.83 bits per heavy atom. The standard InChI is InChI=1S/C10H16N5O12P3/c11-9-8-10(13-3-12-9)15(4-14-8)7-1-5(16)6(25-7)2-24-29(20,21)27-30(22,23)26-28(17,18)19/h3-7,16H,1-2H2,(H,20,21)(H,22,23)(H2,11,12,13)(H2,17,18,19)/t5-,6+,7?/m0/s1. The van der Waals surface area contributed by atoms with Crippen molar-refractivity contribution in [3.63, 3.8) is 0 Å². The molecule has 1 saturated heterocycles. The predicted octanol–water partition coefficient (Wildman–Crippen LogP) is -0.600. The minimum Gasteiger partial charge on any atom is -0.390 e. The SMILES string of the molecule is Nc1ncnc2c1ncn2C1C[C@H](O)[C@@H](COP(=O)(O)OP(=O)(O)OP(=O)(O)O)O1. The fourth-order valence-corrected chi connectivity index (χ4v) is 5.62. The second kappa shape index (κ2) is 8.31. The second-order valence-electron chi connectivity index (χ2n) is 5.90. The van der Waals surface area contributed by atoms with Crippen LogP contribution in [0, 0.1) is 0 Å². The minimum absolute atomic E-state index is 0.000206. The number of rotatable bonds is 8. The van der Waals surface area contributed by atoms with Gasteiger partial charge in [-0.05, 0) is 0 Å². The van der Waals surface area contributed by atoms with Gasteiger partial charge in [-0.3, -0.25) is 9.09 Å². The summed E-state index contributed by atoms with van der Waals surface area (Å²) < 4.78 is 52.3. The van der Waals surface area contributed by atoms with Gasteiger partial charge in [0.05, 0.1) is 19.0 Å². The van der Waals surface area contributed by atoms with Crippen molar-refractivity contribution < 1.29 is 56.3 Å². The number of nitrogen functional groups attached to an aromatic ring is 1. The van der Waals surface area contributed by atoms with Gasteiger partial charge < -0.3 is 35.2 Å². The number of aliphatic hydroxyl groups excluding tert-OH is 1. The number of anilines is 1. The average Bonchev–Trinajstić information content (AvgIpc) is 3.14. The van der Waals surface area contributed by atoms with Gasteiger partial charge in [0.2, 0.25) is 0 Å². The lowest BCUT2D eigenvalue weighted by molar-refractivity contribution is -0.0423. The first-order chi connectivity index (χ1) is 13.8. The maximum Gasteiger partial charge on any atom is 0.490 e. The Bertz CT molecular complexity index is 1070. The van der Waals surface area contributed by atoms with E-state index < -0.39 is 48.5 Å². The van der Waals surface area contributed by atoms with Crippen LogP contribution in [0.3, 0.4) is 0 Å². The second-order valence-corrected chi connectivity index (χ2v) is 10.3. The van der Waals surface area contributed by atoms with Crippen molar-refractivity contribution in [2.75, 3.05) is 12.3 Å². The summed E-state index contributed by atoms with van der Waals surface area (Å²) in [7, 11) is -16.5. The number of fused-ring (bicyclic) bond motifs is 1. The summed E-state index contributed by atoms with van der Waals surface area (Å²) in [5.41, 5.74) is 6.31. The zero-order chi connectivity index (χ0) is 22.3. The van der Waals surface area contributed by atoms with Gasteiger partial charge in [-0.1, -0.05) is 0 Å². The molecule has 0 aromatic carbocycles. The van der Waals surface area contributed by atoms with Crippen molar-refractivity contribution in [1.29, 1.82) is 0 Å². The summed E-state index contributed by atoms with van der Waals surface area (Å²) in [6.45, 7) is -0.787. The third kappa shape index (κ3) is 5.68. The Kier molecular flexibility index (Phi) is 6.47. The van der Waals surface area contributed by atoms with Gasteiger partial charge in [-0.2, -0.15) is 8.62 Å². The lowest BCUT2D eigenvalue weighted by Crippen LogP contribution is -2.26. The molecule has 1 fully saturated rings. The highest BCUT2D eigenvalue weighted by atomic mass is 31.3. The van der Waals surface area contributed by atoms with Crippen LogP contribution in [0.2, 0.25) is 0 Å². The number of phosphoric acid groups is 3. The molecule has 2 aromatic heterocycles. The van der Waals surface area contributed by atoms with Crippen LogP contribution >= 0.6 is 23.5 Å². The minimum atomic E-state index is -5.64. The number of phosphoric ester groups is 1. The maximum atomic E-state index is 11.8. The summed E-state index contributed by atoms with van der Waals surface area (Å²) in [4.78, 5) is 47.4. The molecule has 1 aliphatic rings. The van der Waals surface area contributed by atoms with Gasteiger partial charge in [0.25, 0.3) is 0 Å². The molecule has 3 rings (SSSR count). The van der Waals surface area contributed by atoms with Crippen LogP contribution in [-0.4, -0.2) is 63.0 Å². The molecule has 0 spiro atoms. The van der Waals surface area contributed by atoms with E-state index in [9.17, 15) is 23.7 Å². The van der Waals surface area contributed by atoms with Crippen LogP contribution < -0.4 is 5.73 Å². The molecule has 0 aliphatic carbocycles. The van der Waals surface area contributed by atoms with E-state index in [0.29, 0.717) is 11.2 Å². The number of imidazole rings is 1. The molecule has 3 heterocycles. The van der Waals surface area contributed by atoms with Crippen LogP contribution in [0.15, 0.2) is 12.7 Å². The molecule has 0 bridgehead atoms. The molecule has 3 unspecified atom stereocenters. The predicted molar refractivity (Wildman–Crippen MR) is 94.1 cm³/mol. The molecule has 17 nitrogen and oxygen atoms in total. The summed E-state index contributed by atoms with van der Waals surface area (Å²) >= 11 is 0. The van der Waals surface area contributed by atoms with Gasteiger partial charge in [0, 0.05) is 6.42 Å². The Morgan fingerprint density at radius 1 is 1.13 bits per heavy atom. The van der Waals surface area contributed by atoms with E-state index >= 15 is 0 Å². The molecule has 7 N–H and O–H groups in total. The fourth-order valence-electron chi connectivity index (χ4n) is 2.59. The first-order valence-electron chi connectivity index (χ1n) is 7.81. The Labute approximate surface area is 166 Å². The van der Waals surface area contributed by atoms with Crippen molar-refractivity contribution >= 4 is 40.4 Å². The van der Waals surface area contributed by atoms with Crippen molar-refractivity contribution in [1.82, 2.24) is 19.5 Å². The van der Waals surface area contributed by atoms with Crippen LogP contribution in [0.5, 0.6) is 0 Å². The van der Waals surface area contributed by atoms with Gasteiger partial charge in [0.15, 0.2) is 11.5 Å². The first-order valence-corrected chi connectivity index (χ1v) is 12.3.